The van der Waals surface area contributed by atoms with Crippen LogP contribution >= 0.6 is 0 Å². The van der Waals surface area contributed by atoms with Gasteiger partial charge in [0.25, 0.3) is 0 Å². The number of aryl methyl sites for hydroxylation is 1. The van der Waals surface area contributed by atoms with E-state index in [1.165, 1.54) is 12.0 Å². The molecule has 0 heterocycles. The summed E-state index contributed by atoms with van der Waals surface area (Å²) in [5.74, 6) is -0.368. The van der Waals surface area contributed by atoms with Gasteiger partial charge in [-0.3, -0.25) is 13.9 Å². The summed E-state index contributed by atoms with van der Waals surface area (Å²) in [4.78, 5) is 28.2. The summed E-state index contributed by atoms with van der Waals surface area (Å²) >= 11 is 0. The number of nitrogens with one attached hydrogen (secondary N) is 1. The Labute approximate surface area is 208 Å². The smallest absolute Gasteiger partial charge is 0.244 e. The molecule has 2 aromatic carbocycles. The third-order valence-electron chi connectivity index (χ3n) is 6.35. The molecule has 1 unspecified atom stereocenters. The van der Waals surface area contributed by atoms with Gasteiger partial charge in [-0.1, -0.05) is 49.2 Å². The van der Waals surface area contributed by atoms with Crippen LogP contribution in [0.1, 0.15) is 43.7 Å². The van der Waals surface area contributed by atoms with E-state index < -0.39 is 28.5 Å². The minimum absolute atomic E-state index is 0.114. The molecule has 0 spiro atoms. The van der Waals surface area contributed by atoms with Crippen molar-refractivity contribution in [2.75, 3.05) is 24.2 Å². The Morgan fingerprint density at radius 1 is 1.11 bits per heavy atom. The fraction of sp³-hybridized carbons (Fsp3) is 0.462. The van der Waals surface area contributed by atoms with Gasteiger partial charge in [0.2, 0.25) is 21.8 Å². The fourth-order valence-corrected chi connectivity index (χ4v) is 5.19. The molecule has 1 aliphatic rings. The molecule has 3 rings (SSSR count). The third kappa shape index (κ3) is 6.97. The van der Waals surface area contributed by atoms with Gasteiger partial charge in [0.15, 0.2) is 0 Å². The number of nitrogens with zero attached hydrogens (tertiary/aromatic N) is 2. The van der Waals surface area contributed by atoms with Gasteiger partial charge in [0, 0.05) is 12.6 Å². The normalized spacial score (nSPS) is 14.9. The molecule has 190 valence electrons. The molecule has 1 atom stereocenters. The summed E-state index contributed by atoms with van der Waals surface area (Å²) in [7, 11) is -2.38. The Bertz CT molecular complexity index is 1130. The van der Waals surface area contributed by atoms with Crippen molar-refractivity contribution in [2.24, 2.45) is 0 Å². The van der Waals surface area contributed by atoms with Crippen LogP contribution in [0.2, 0.25) is 0 Å². The average molecular weight is 502 g/mol. The molecule has 0 aliphatic heterocycles. The topological polar surface area (TPSA) is 96.0 Å². The summed E-state index contributed by atoms with van der Waals surface area (Å²) in [6, 6.07) is 13.8. The lowest BCUT2D eigenvalue weighted by Crippen LogP contribution is -2.52. The molecule has 0 saturated heterocycles. The molecule has 8 nitrogen and oxygen atoms in total. The van der Waals surface area contributed by atoms with Gasteiger partial charge in [-0.15, -0.1) is 0 Å². The van der Waals surface area contributed by atoms with Gasteiger partial charge < -0.3 is 15.0 Å². The van der Waals surface area contributed by atoms with Gasteiger partial charge in [-0.2, -0.15) is 0 Å². The van der Waals surface area contributed by atoms with Gasteiger partial charge in [-0.25, -0.2) is 8.42 Å². The zero-order valence-corrected chi connectivity index (χ0v) is 21.7. The largest absolute Gasteiger partial charge is 0.495 e. The average Bonchev–Trinajstić information content (AvgIpc) is 3.33. The molecule has 9 heteroatoms. The zero-order chi connectivity index (χ0) is 25.6. The van der Waals surface area contributed by atoms with E-state index in [1.807, 2.05) is 43.3 Å². The highest BCUT2D eigenvalue weighted by Gasteiger charge is 2.32. The number of ether oxygens (including phenoxy) is 1. The number of benzene rings is 2. The number of hydrogen-bond acceptors (Lipinski definition) is 5. The van der Waals surface area contributed by atoms with Crippen molar-refractivity contribution in [1.29, 1.82) is 0 Å². The highest BCUT2D eigenvalue weighted by Crippen LogP contribution is 2.31. The van der Waals surface area contributed by atoms with E-state index in [9.17, 15) is 18.0 Å². The minimum atomic E-state index is -3.83. The van der Waals surface area contributed by atoms with Crippen molar-refractivity contribution in [3.8, 4) is 5.75 Å². The molecular weight excluding hydrogens is 466 g/mol. The second-order valence-electron chi connectivity index (χ2n) is 9.12. The first-order valence-corrected chi connectivity index (χ1v) is 13.7. The van der Waals surface area contributed by atoms with Crippen LogP contribution in [-0.2, 0) is 26.2 Å². The second kappa shape index (κ2) is 11.6. The van der Waals surface area contributed by atoms with Crippen LogP contribution in [0.4, 0.5) is 5.69 Å². The maximum atomic E-state index is 13.6. The molecular formula is C26H35N3O5S. The summed E-state index contributed by atoms with van der Waals surface area (Å²) < 4.78 is 32.0. The molecule has 1 fully saturated rings. The zero-order valence-electron chi connectivity index (χ0n) is 20.9. The maximum Gasteiger partial charge on any atom is 0.244 e. The molecule has 35 heavy (non-hydrogen) atoms. The van der Waals surface area contributed by atoms with E-state index in [1.54, 1.807) is 19.1 Å². The molecule has 1 saturated carbocycles. The first-order valence-electron chi connectivity index (χ1n) is 11.9. The van der Waals surface area contributed by atoms with E-state index >= 15 is 0 Å². The predicted molar refractivity (Wildman–Crippen MR) is 137 cm³/mol. The third-order valence-corrected chi connectivity index (χ3v) is 7.47. The summed E-state index contributed by atoms with van der Waals surface area (Å²) in [6.07, 6.45) is 5.07. The van der Waals surface area contributed by atoms with E-state index in [0.29, 0.717) is 5.75 Å². The second-order valence-corrected chi connectivity index (χ2v) is 11.0. The molecule has 2 amide bonds. The predicted octanol–water partition coefficient (Wildman–Crippen LogP) is 3.25. The maximum absolute atomic E-state index is 13.6. The number of sulfonamides is 1. The lowest BCUT2D eigenvalue weighted by molar-refractivity contribution is -0.139. The lowest BCUT2D eigenvalue weighted by Gasteiger charge is -2.32. The highest BCUT2D eigenvalue weighted by atomic mass is 32.2. The van der Waals surface area contributed by atoms with E-state index in [0.717, 1.165) is 47.4 Å². The van der Waals surface area contributed by atoms with Crippen LogP contribution < -0.4 is 14.4 Å². The van der Waals surface area contributed by atoms with Crippen LogP contribution in [0.3, 0.4) is 0 Å². The molecule has 0 aromatic heterocycles. The van der Waals surface area contributed by atoms with Gasteiger partial charge >= 0.3 is 0 Å². The number of rotatable bonds is 10. The number of carbonyl (C=O) groups is 2. The lowest BCUT2D eigenvalue weighted by atomic mass is 10.1. The standard InChI is InChI=1S/C26H35N3O5S/c1-19-14-15-24(34-3)23(16-19)29(35(4,32)33)18-25(30)28(17-21-10-6-5-7-11-21)20(2)26(31)27-22-12-8-9-13-22/h5-7,10-11,14-16,20,22H,8-9,12-13,17-18H2,1-4H3,(H,27,31). The first-order chi connectivity index (χ1) is 16.6. The summed E-state index contributed by atoms with van der Waals surface area (Å²) in [6.45, 7) is 3.25. The Hall–Kier alpha value is -3.07. The SMILES string of the molecule is COc1ccc(C)cc1N(CC(=O)N(Cc1ccccc1)C(C)C(=O)NC1CCCC1)S(C)(=O)=O. The Morgan fingerprint density at radius 3 is 2.37 bits per heavy atom. The van der Waals surface area contributed by atoms with E-state index in [-0.39, 0.29) is 24.2 Å². The molecule has 1 aliphatic carbocycles. The van der Waals surface area contributed by atoms with E-state index in [2.05, 4.69) is 5.32 Å². The molecule has 0 bridgehead atoms. The monoisotopic (exact) mass is 501 g/mol. The van der Waals surface area contributed by atoms with Gasteiger partial charge in [-0.05, 0) is 49.9 Å². The molecule has 1 N–H and O–H groups in total. The number of hydrogen-bond donors (Lipinski definition) is 1. The highest BCUT2D eigenvalue weighted by molar-refractivity contribution is 7.92. The van der Waals surface area contributed by atoms with Crippen molar-refractivity contribution in [3.05, 3.63) is 59.7 Å². The summed E-state index contributed by atoms with van der Waals surface area (Å²) in [5.41, 5.74) is 1.96. The van der Waals surface area contributed by atoms with Crippen molar-refractivity contribution in [2.45, 2.75) is 58.2 Å². The van der Waals surface area contributed by atoms with Crippen LogP contribution in [-0.4, -0.2) is 57.1 Å². The number of methoxy groups -OCH3 is 1. The first kappa shape index (κ1) is 26.5. The molecule has 0 radical (unpaired) electrons. The van der Waals surface area contributed by atoms with Crippen molar-refractivity contribution in [1.82, 2.24) is 10.2 Å². The van der Waals surface area contributed by atoms with Crippen LogP contribution in [0.15, 0.2) is 48.5 Å². The Morgan fingerprint density at radius 2 is 1.77 bits per heavy atom. The van der Waals surface area contributed by atoms with Crippen molar-refractivity contribution < 1.29 is 22.7 Å². The van der Waals surface area contributed by atoms with Crippen molar-refractivity contribution >= 4 is 27.5 Å². The Balaban J connectivity index is 1.91. The minimum Gasteiger partial charge on any atom is -0.495 e. The van der Waals surface area contributed by atoms with Crippen LogP contribution in [0.25, 0.3) is 0 Å². The van der Waals surface area contributed by atoms with Crippen LogP contribution in [0, 0.1) is 6.92 Å². The summed E-state index contributed by atoms with van der Waals surface area (Å²) in [5, 5.41) is 3.06. The van der Waals surface area contributed by atoms with E-state index in [4.69, 9.17) is 4.74 Å². The quantitative estimate of drug-likeness (QED) is 0.539. The Kier molecular flexibility index (Phi) is 8.77. The van der Waals surface area contributed by atoms with Gasteiger partial charge in [0.05, 0.1) is 19.1 Å². The fourth-order valence-electron chi connectivity index (χ4n) is 4.34. The van der Waals surface area contributed by atoms with Crippen LogP contribution in [0.5, 0.6) is 5.75 Å². The number of anilines is 1. The molecule has 2 aromatic rings. The number of amides is 2. The van der Waals surface area contributed by atoms with Crippen molar-refractivity contribution in [3.63, 3.8) is 0 Å². The number of carbonyl (C=O) groups excluding carboxylic acids is 2. The van der Waals surface area contributed by atoms with Gasteiger partial charge in [0.1, 0.15) is 18.3 Å².